The number of hydrogen-bond donors (Lipinski definition) is 0. The molecule has 0 bridgehead atoms. The molecule has 0 saturated heterocycles. The third-order valence-electron chi connectivity index (χ3n) is 5.47. The number of carbonyl (C=O) groups excluding carboxylic acids is 1. The molecule has 2 aromatic carbocycles. The molecule has 0 N–H and O–H groups in total. The summed E-state index contributed by atoms with van der Waals surface area (Å²) in [5.74, 6) is 1.09. The number of thiophene rings is 1. The van der Waals surface area contributed by atoms with Gasteiger partial charge in [-0.15, -0.1) is 16.4 Å². The van der Waals surface area contributed by atoms with Gasteiger partial charge < -0.3 is 9.47 Å². The van der Waals surface area contributed by atoms with Gasteiger partial charge in [0.1, 0.15) is 12.1 Å². The molecule has 8 nitrogen and oxygen atoms in total. The highest BCUT2D eigenvalue weighted by atomic mass is 32.1. The van der Waals surface area contributed by atoms with Crippen LogP contribution < -0.4 is 9.47 Å². The molecule has 0 aliphatic carbocycles. The molecular weight excluding hydrogens is 426 g/mol. The van der Waals surface area contributed by atoms with E-state index in [9.17, 15) is 4.79 Å². The minimum absolute atomic E-state index is 0.0471. The molecule has 162 valence electrons. The fourth-order valence-electron chi connectivity index (χ4n) is 3.89. The highest BCUT2D eigenvalue weighted by Gasteiger charge is 2.34. The van der Waals surface area contributed by atoms with Crippen LogP contribution in [-0.4, -0.2) is 45.8 Å². The first-order chi connectivity index (χ1) is 15.7. The summed E-state index contributed by atoms with van der Waals surface area (Å²) in [5.41, 5.74) is 3.37. The standard InChI is InChI=1S/C23H21N5O3S/c1-30-20-10-9-15(12-21(20)31-2)19-13-17(22-8-5-11-32-22)25-28(19)23(29)14-27-18-7-4-3-6-16(18)24-26-27/h3-12,19H,13-14H2,1-2H3/t19-/m0/s1. The van der Waals surface area contributed by atoms with Gasteiger partial charge in [0.2, 0.25) is 0 Å². The molecule has 3 heterocycles. The number of aromatic nitrogens is 3. The van der Waals surface area contributed by atoms with E-state index in [-0.39, 0.29) is 18.5 Å². The predicted octanol–water partition coefficient (Wildman–Crippen LogP) is 3.89. The number of carbonyl (C=O) groups is 1. The summed E-state index contributed by atoms with van der Waals surface area (Å²) in [6.07, 6.45) is 0.611. The molecule has 0 fully saturated rings. The Morgan fingerprint density at radius 1 is 1.09 bits per heavy atom. The first-order valence-corrected chi connectivity index (χ1v) is 11.0. The van der Waals surface area contributed by atoms with Crippen LogP contribution >= 0.6 is 11.3 Å². The Bertz CT molecular complexity index is 1300. The molecule has 32 heavy (non-hydrogen) atoms. The van der Waals surface area contributed by atoms with Gasteiger partial charge >= 0.3 is 0 Å². The summed E-state index contributed by atoms with van der Waals surface area (Å²) in [7, 11) is 3.20. The third-order valence-corrected chi connectivity index (χ3v) is 6.39. The van der Waals surface area contributed by atoms with Crippen LogP contribution in [0.5, 0.6) is 11.5 Å². The van der Waals surface area contributed by atoms with E-state index in [4.69, 9.17) is 14.6 Å². The van der Waals surface area contributed by atoms with Crippen molar-refractivity contribution in [2.45, 2.75) is 19.0 Å². The Hall–Kier alpha value is -3.72. The number of methoxy groups -OCH3 is 2. The average Bonchev–Trinajstić information content (AvgIpc) is 3.58. The lowest BCUT2D eigenvalue weighted by Gasteiger charge is -2.23. The molecule has 0 spiro atoms. The first-order valence-electron chi connectivity index (χ1n) is 10.1. The van der Waals surface area contributed by atoms with Crippen LogP contribution in [0.25, 0.3) is 11.0 Å². The predicted molar refractivity (Wildman–Crippen MR) is 122 cm³/mol. The van der Waals surface area contributed by atoms with Gasteiger partial charge in [-0.3, -0.25) is 4.79 Å². The second kappa shape index (κ2) is 8.43. The highest BCUT2D eigenvalue weighted by Crippen LogP contribution is 2.38. The van der Waals surface area contributed by atoms with Crippen LogP contribution in [0, 0.1) is 0 Å². The van der Waals surface area contributed by atoms with Crippen molar-refractivity contribution in [3.8, 4) is 11.5 Å². The van der Waals surface area contributed by atoms with Crippen molar-refractivity contribution < 1.29 is 14.3 Å². The van der Waals surface area contributed by atoms with Gasteiger partial charge in [0.05, 0.1) is 36.4 Å². The minimum atomic E-state index is -0.255. The maximum atomic E-state index is 13.4. The monoisotopic (exact) mass is 447 g/mol. The van der Waals surface area contributed by atoms with Gasteiger partial charge in [0, 0.05) is 6.42 Å². The topological polar surface area (TPSA) is 81.8 Å². The second-order valence-corrected chi connectivity index (χ2v) is 8.28. The van der Waals surface area contributed by atoms with Crippen LogP contribution in [0.3, 0.4) is 0 Å². The molecule has 1 atom stereocenters. The molecule has 2 aromatic heterocycles. The zero-order chi connectivity index (χ0) is 22.1. The number of amides is 1. The summed E-state index contributed by atoms with van der Waals surface area (Å²) < 4.78 is 12.5. The lowest BCUT2D eigenvalue weighted by Crippen LogP contribution is -2.30. The maximum Gasteiger partial charge on any atom is 0.265 e. The third kappa shape index (κ3) is 3.60. The SMILES string of the molecule is COc1ccc([C@@H]2CC(c3cccs3)=NN2C(=O)Cn2nnc3ccccc32)cc1OC. The van der Waals surface area contributed by atoms with Crippen molar-refractivity contribution >= 4 is 34.0 Å². The van der Waals surface area contributed by atoms with Crippen molar-refractivity contribution in [2.24, 2.45) is 5.10 Å². The summed E-state index contributed by atoms with van der Waals surface area (Å²) in [6, 6.07) is 17.0. The quantitative estimate of drug-likeness (QED) is 0.448. The van der Waals surface area contributed by atoms with Crippen LogP contribution in [0.2, 0.25) is 0 Å². The summed E-state index contributed by atoms with van der Waals surface area (Å²) >= 11 is 1.61. The normalized spacial score (nSPS) is 15.8. The maximum absolute atomic E-state index is 13.4. The van der Waals surface area contributed by atoms with Gasteiger partial charge in [-0.1, -0.05) is 29.5 Å². The summed E-state index contributed by atoms with van der Waals surface area (Å²) in [4.78, 5) is 14.5. The Morgan fingerprint density at radius 3 is 2.72 bits per heavy atom. The Balaban J connectivity index is 1.49. The van der Waals surface area contributed by atoms with E-state index < -0.39 is 0 Å². The van der Waals surface area contributed by atoms with Crippen LogP contribution in [-0.2, 0) is 11.3 Å². The molecule has 0 saturated carbocycles. The Morgan fingerprint density at radius 2 is 1.94 bits per heavy atom. The van der Waals surface area contributed by atoms with E-state index in [1.54, 1.807) is 35.2 Å². The molecule has 1 aliphatic heterocycles. The second-order valence-electron chi connectivity index (χ2n) is 7.33. The fraction of sp³-hybridized carbons (Fsp3) is 0.217. The van der Waals surface area contributed by atoms with Crippen LogP contribution in [0.4, 0.5) is 0 Å². The number of hydrazone groups is 1. The molecule has 1 amide bonds. The Kier molecular flexibility index (Phi) is 5.32. The highest BCUT2D eigenvalue weighted by molar-refractivity contribution is 7.12. The first kappa shape index (κ1) is 20.2. The van der Waals surface area contributed by atoms with Crippen LogP contribution in [0.15, 0.2) is 65.1 Å². The summed E-state index contributed by atoms with van der Waals surface area (Å²) in [6.45, 7) is 0.0471. The number of nitrogens with zero attached hydrogens (tertiary/aromatic N) is 5. The van der Waals surface area contributed by atoms with E-state index in [1.165, 1.54) is 0 Å². The van der Waals surface area contributed by atoms with Crippen molar-refractivity contribution in [3.63, 3.8) is 0 Å². The molecular formula is C23H21N5O3S. The van der Waals surface area contributed by atoms with Crippen molar-refractivity contribution in [3.05, 3.63) is 70.4 Å². The fourth-order valence-corrected chi connectivity index (χ4v) is 4.61. The number of para-hydroxylation sites is 1. The summed E-state index contributed by atoms with van der Waals surface area (Å²) in [5, 5.41) is 16.6. The largest absolute Gasteiger partial charge is 0.493 e. The molecule has 4 aromatic rings. The van der Waals surface area contributed by atoms with E-state index in [2.05, 4.69) is 10.3 Å². The van der Waals surface area contributed by atoms with E-state index in [1.807, 2.05) is 60.0 Å². The smallest absolute Gasteiger partial charge is 0.265 e. The van der Waals surface area contributed by atoms with Gasteiger partial charge in [0.25, 0.3) is 5.91 Å². The number of fused-ring (bicyclic) bond motifs is 1. The minimum Gasteiger partial charge on any atom is -0.493 e. The van der Waals surface area contributed by atoms with Gasteiger partial charge in [0.15, 0.2) is 11.5 Å². The zero-order valence-corrected chi connectivity index (χ0v) is 18.5. The molecule has 9 heteroatoms. The molecule has 5 rings (SSSR count). The lowest BCUT2D eigenvalue weighted by atomic mass is 10.0. The van der Waals surface area contributed by atoms with Gasteiger partial charge in [-0.25, -0.2) is 9.69 Å². The van der Waals surface area contributed by atoms with Crippen molar-refractivity contribution in [1.82, 2.24) is 20.0 Å². The van der Waals surface area contributed by atoms with E-state index >= 15 is 0 Å². The van der Waals surface area contributed by atoms with Gasteiger partial charge in [-0.2, -0.15) is 5.10 Å². The number of rotatable bonds is 6. The molecule has 0 unspecified atom stereocenters. The number of ether oxygens (including phenoxy) is 2. The van der Waals surface area contributed by atoms with E-state index in [0.29, 0.717) is 17.9 Å². The van der Waals surface area contributed by atoms with Gasteiger partial charge in [-0.05, 0) is 41.3 Å². The zero-order valence-electron chi connectivity index (χ0n) is 17.6. The lowest BCUT2D eigenvalue weighted by molar-refractivity contribution is -0.133. The molecule has 1 aliphatic rings. The number of benzene rings is 2. The average molecular weight is 448 g/mol. The molecule has 0 radical (unpaired) electrons. The van der Waals surface area contributed by atoms with Crippen molar-refractivity contribution in [1.29, 1.82) is 0 Å². The van der Waals surface area contributed by atoms with E-state index in [0.717, 1.165) is 27.2 Å². The number of hydrogen-bond acceptors (Lipinski definition) is 7. The Labute approximate surface area is 188 Å². The van der Waals surface area contributed by atoms with Crippen molar-refractivity contribution in [2.75, 3.05) is 14.2 Å². The van der Waals surface area contributed by atoms with Crippen LogP contribution in [0.1, 0.15) is 22.9 Å².